The van der Waals surface area contributed by atoms with Crippen molar-refractivity contribution in [2.24, 2.45) is 5.92 Å². The fourth-order valence-corrected chi connectivity index (χ4v) is 8.54. The first-order valence-corrected chi connectivity index (χ1v) is 27.9. The zero-order valence-corrected chi connectivity index (χ0v) is 42.3. The second kappa shape index (κ2) is 50.4. The summed E-state index contributed by atoms with van der Waals surface area (Å²) >= 11 is 0. The molecule has 0 spiro atoms. The quantitative estimate of drug-likeness (QED) is 0.0344. The van der Waals surface area contributed by atoms with Crippen LogP contribution in [0.2, 0.25) is 0 Å². The maximum absolute atomic E-state index is 12.8. The number of carbonyl (C=O) groups is 3. The maximum Gasteiger partial charge on any atom is 0.306 e. The van der Waals surface area contributed by atoms with Crippen LogP contribution in [0.25, 0.3) is 0 Å². The molecule has 368 valence electrons. The van der Waals surface area contributed by atoms with Crippen LogP contribution in [0, 0.1) is 5.92 Å². The van der Waals surface area contributed by atoms with E-state index >= 15 is 0 Å². The molecule has 0 saturated carbocycles. The smallest absolute Gasteiger partial charge is 0.306 e. The molecule has 0 aromatic carbocycles. The summed E-state index contributed by atoms with van der Waals surface area (Å²) in [6.45, 7) is 9.05. The molecule has 0 rings (SSSR count). The van der Waals surface area contributed by atoms with Crippen molar-refractivity contribution in [3.05, 3.63) is 0 Å². The molecule has 0 aromatic rings. The molecule has 1 unspecified atom stereocenters. The van der Waals surface area contributed by atoms with E-state index in [0.29, 0.717) is 19.3 Å². The molecule has 0 aromatic heterocycles. The number of rotatable bonds is 51. The van der Waals surface area contributed by atoms with Gasteiger partial charge >= 0.3 is 17.9 Å². The minimum absolute atomic E-state index is 0.0627. The number of unbranched alkanes of at least 4 members (excludes halogenated alkanes) is 37. The highest BCUT2D eigenvalue weighted by Crippen LogP contribution is 2.18. The van der Waals surface area contributed by atoms with Gasteiger partial charge in [-0.3, -0.25) is 14.4 Å². The third kappa shape index (κ3) is 47.9. The van der Waals surface area contributed by atoms with Crippen molar-refractivity contribution in [3.8, 4) is 0 Å². The summed E-state index contributed by atoms with van der Waals surface area (Å²) in [6.07, 6.45) is 53.9. The van der Waals surface area contributed by atoms with Gasteiger partial charge in [-0.15, -0.1) is 0 Å². The molecule has 6 nitrogen and oxygen atoms in total. The Morgan fingerprint density at radius 2 is 0.565 bits per heavy atom. The van der Waals surface area contributed by atoms with E-state index in [0.717, 1.165) is 63.7 Å². The van der Waals surface area contributed by atoms with Crippen molar-refractivity contribution in [3.63, 3.8) is 0 Å². The number of carbonyl (C=O) groups excluding carboxylic acids is 3. The van der Waals surface area contributed by atoms with Crippen LogP contribution in [0.4, 0.5) is 0 Å². The highest BCUT2D eigenvalue weighted by Gasteiger charge is 2.19. The third-order valence-corrected chi connectivity index (χ3v) is 13.2. The van der Waals surface area contributed by atoms with Crippen LogP contribution >= 0.6 is 0 Å². The Morgan fingerprint density at radius 3 is 0.839 bits per heavy atom. The first-order valence-electron chi connectivity index (χ1n) is 27.9. The van der Waals surface area contributed by atoms with Gasteiger partial charge in [0, 0.05) is 19.3 Å². The van der Waals surface area contributed by atoms with Crippen LogP contribution < -0.4 is 0 Å². The molecule has 0 aliphatic heterocycles. The number of hydrogen-bond donors (Lipinski definition) is 0. The zero-order valence-electron chi connectivity index (χ0n) is 42.3. The van der Waals surface area contributed by atoms with E-state index in [1.165, 1.54) is 212 Å². The van der Waals surface area contributed by atoms with Crippen molar-refractivity contribution in [1.82, 2.24) is 0 Å². The van der Waals surface area contributed by atoms with Gasteiger partial charge in [0.05, 0.1) is 0 Å². The van der Waals surface area contributed by atoms with Gasteiger partial charge in [-0.05, 0) is 25.2 Å². The lowest BCUT2D eigenvalue weighted by atomic mass is 9.99. The van der Waals surface area contributed by atoms with E-state index in [1.54, 1.807) is 0 Å². The highest BCUT2D eigenvalue weighted by atomic mass is 16.6. The van der Waals surface area contributed by atoms with Gasteiger partial charge in [-0.2, -0.15) is 0 Å². The standard InChI is InChI=1S/C56H108O6/c1-5-8-10-12-14-15-16-17-18-19-20-21-22-26-29-32-36-40-44-48-55(58)61-51-53(50-60-54(57)47-43-39-34-13-11-9-6-2)62-56(59)49-45-41-37-33-30-27-24-23-25-28-31-35-38-42-46-52(4)7-3/h52-53H,5-51H2,1-4H3/t52?,53-/m1/s1. The molecule has 6 heteroatoms. The Labute approximate surface area is 387 Å². The molecule has 0 amide bonds. The summed E-state index contributed by atoms with van der Waals surface area (Å²) < 4.78 is 16.8. The number of esters is 3. The predicted molar refractivity (Wildman–Crippen MR) is 266 cm³/mol. The van der Waals surface area contributed by atoms with Crippen LogP contribution in [0.3, 0.4) is 0 Å². The van der Waals surface area contributed by atoms with Gasteiger partial charge in [0.1, 0.15) is 13.2 Å². The molecule has 2 atom stereocenters. The molecular formula is C56H108O6. The van der Waals surface area contributed by atoms with Crippen molar-refractivity contribution >= 4 is 17.9 Å². The molecule has 0 heterocycles. The summed E-state index contributed by atoms with van der Waals surface area (Å²) in [5, 5.41) is 0. The molecule has 62 heavy (non-hydrogen) atoms. The van der Waals surface area contributed by atoms with E-state index in [-0.39, 0.29) is 31.1 Å². The van der Waals surface area contributed by atoms with Crippen molar-refractivity contribution in [1.29, 1.82) is 0 Å². The number of ether oxygens (including phenoxy) is 3. The Balaban J connectivity index is 4.15. The lowest BCUT2D eigenvalue weighted by Crippen LogP contribution is -2.30. The molecule has 0 N–H and O–H groups in total. The van der Waals surface area contributed by atoms with E-state index in [2.05, 4.69) is 27.7 Å². The van der Waals surface area contributed by atoms with Gasteiger partial charge in [0.2, 0.25) is 0 Å². The zero-order chi connectivity index (χ0) is 45.2. The van der Waals surface area contributed by atoms with Gasteiger partial charge < -0.3 is 14.2 Å². The van der Waals surface area contributed by atoms with E-state index < -0.39 is 6.10 Å². The van der Waals surface area contributed by atoms with Crippen molar-refractivity contribution < 1.29 is 28.6 Å². The van der Waals surface area contributed by atoms with E-state index in [1.807, 2.05) is 0 Å². The molecule has 0 aliphatic carbocycles. The second-order valence-corrected chi connectivity index (χ2v) is 19.5. The van der Waals surface area contributed by atoms with Crippen LogP contribution in [0.1, 0.15) is 317 Å². The largest absolute Gasteiger partial charge is 0.462 e. The molecule has 0 bridgehead atoms. The summed E-state index contributed by atoms with van der Waals surface area (Å²) in [7, 11) is 0. The Morgan fingerprint density at radius 1 is 0.323 bits per heavy atom. The minimum Gasteiger partial charge on any atom is -0.462 e. The third-order valence-electron chi connectivity index (χ3n) is 13.2. The van der Waals surface area contributed by atoms with Gasteiger partial charge in [-0.1, -0.05) is 278 Å². The van der Waals surface area contributed by atoms with Gasteiger partial charge in [-0.25, -0.2) is 0 Å². The van der Waals surface area contributed by atoms with Crippen LogP contribution in [0.5, 0.6) is 0 Å². The topological polar surface area (TPSA) is 78.9 Å². The van der Waals surface area contributed by atoms with E-state index in [9.17, 15) is 14.4 Å². The average molecular weight is 877 g/mol. The van der Waals surface area contributed by atoms with Crippen molar-refractivity contribution in [2.45, 2.75) is 323 Å². The summed E-state index contributed by atoms with van der Waals surface area (Å²) in [5.74, 6) is 0.0479. The minimum atomic E-state index is -0.760. The lowest BCUT2D eigenvalue weighted by molar-refractivity contribution is -0.167. The average Bonchev–Trinajstić information content (AvgIpc) is 3.27. The monoisotopic (exact) mass is 877 g/mol. The van der Waals surface area contributed by atoms with Gasteiger partial charge in [0.15, 0.2) is 6.10 Å². The van der Waals surface area contributed by atoms with Gasteiger partial charge in [0.25, 0.3) is 0 Å². The molecule has 0 aliphatic rings. The molecule has 0 radical (unpaired) electrons. The second-order valence-electron chi connectivity index (χ2n) is 19.5. The maximum atomic E-state index is 12.8. The summed E-state index contributed by atoms with van der Waals surface area (Å²) in [4.78, 5) is 37.9. The van der Waals surface area contributed by atoms with Crippen molar-refractivity contribution in [2.75, 3.05) is 13.2 Å². The van der Waals surface area contributed by atoms with E-state index in [4.69, 9.17) is 14.2 Å². The molecule has 0 fully saturated rings. The first kappa shape index (κ1) is 60.4. The summed E-state index contributed by atoms with van der Waals surface area (Å²) in [5.41, 5.74) is 0. The Bertz CT molecular complexity index is 935. The van der Waals surface area contributed by atoms with Crippen LogP contribution in [-0.2, 0) is 28.6 Å². The fraction of sp³-hybridized carbons (Fsp3) is 0.946. The Hall–Kier alpha value is -1.59. The Kier molecular flexibility index (Phi) is 49.1. The molecular weight excluding hydrogens is 769 g/mol. The normalized spacial score (nSPS) is 12.4. The lowest BCUT2D eigenvalue weighted by Gasteiger charge is -2.18. The first-order chi connectivity index (χ1) is 30.4. The SMILES string of the molecule is CCCCCCCCCCCCCCCCCCCCCC(=O)OC[C@@H](COC(=O)CCCCCCCCC)OC(=O)CCCCCCCCCCCCCCCCC(C)CC. The highest BCUT2D eigenvalue weighted by molar-refractivity contribution is 5.71. The summed E-state index contributed by atoms with van der Waals surface area (Å²) in [6, 6.07) is 0. The molecule has 0 saturated heterocycles. The predicted octanol–water partition coefficient (Wildman–Crippen LogP) is 18.2. The number of hydrogen-bond acceptors (Lipinski definition) is 6. The fourth-order valence-electron chi connectivity index (χ4n) is 8.54. The van der Waals surface area contributed by atoms with Crippen LogP contribution in [0.15, 0.2) is 0 Å². The van der Waals surface area contributed by atoms with Crippen LogP contribution in [-0.4, -0.2) is 37.2 Å².